The summed E-state index contributed by atoms with van der Waals surface area (Å²) in [5.41, 5.74) is 8.09. The third-order valence-corrected chi connectivity index (χ3v) is 19.9. The molecular formula is C72H79Cl3N10O24. The molecule has 0 aliphatic carbocycles. The van der Waals surface area contributed by atoms with Gasteiger partial charge < -0.3 is 133 Å². The monoisotopic (exact) mass is 1570 g/mol. The number of ether oxygens (including phenoxy) is 6. The molecule has 2 unspecified atom stereocenters. The molecule has 22 N–H and O–H groups in total. The highest BCUT2D eigenvalue weighted by atomic mass is 35.5. The number of aromatic hydroxyl groups is 4. The highest BCUT2D eigenvalue weighted by Crippen LogP contribution is 2.50. The van der Waals surface area contributed by atoms with Crippen molar-refractivity contribution in [1.29, 1.82) is 0 Å². The number of aliphatic carboxylic acids is 1. The molecule has 0 spiro atoms. The lowest BCUT2D eigenvalue weighted by molar-refractivity contribution is -0.330. The Hall–Kier alpha value is -10.1. The smallest absolute Gasteiger partial charge is 0.330 e. The van der Waals surface area contributed by atoms with Crippen LogP contribution >= 0.6 is 34.8 Å². The Morgan fingerprint density at radius 1 is 0.679 bits per heavy atom. The summed E-state index contributed by atoms with van der Waals surface area (Å²) in [4.78, 5) is 118. The van der Waals surface area contributed by atoms with E-state index in [1.165, 1.54) is 51.2 Å². The first-order valence-electron chi connectivity index (χ1n) is 34.1. The van der Waals surface area contributed by atoms with E-state index in [0.717, 1.165) is 66.7 Å². The minimum Gasteiger partial charge on any atom is -0.508 e. The molecule has 11 bridgehead atoms. The minimum atomic E-state index is -2.37. The first-order chi connectivity index (χ1) is 51.5. The van der Waals surface area contributed by atoms with Crippen LogP contribution in [0.3, 0.4) is 0 Å². The molecule has 0 saturated carbocycles. The highest BCUT2D eigenvalue weighted by molar-refractivity contribution is 6.32. The Morgan fingerprint density at radius 2 is 1.29 bits per heavy atom. The third kappa shape index (κ3) is 17.4. The number of carboxylic acid groups (broad SMARTS) is 1. The first-order valence-corrected chi connectivity index (χ1v) is 35.2. The van der Waals surface area contributed by atoms with Gasteiger partial charge in [-0.15, -0.1) is 0 Å². The van der Waals surface area contributed by atoms with E-state index >= 15 is 14.4 Å². The SMILES string of the molecule is CN[C@H](CC(C)C)C(=O)N[C@H]1C(=O)N[C@@H](CC(N)=O)C(=O)NC2C(=O)N[C@H]3C(=O)NC(C(=O)N[C@H](C(=O)O)c4cc(O)cc(O)c4-c4cc3ccc4O)[C@H](O)c3ccc(c(Cl)c3)Oc3cc2cc(c3O[C@@H]2O[C@H](CNc3cc(Cl)ccc3O)[C@@H](O)[C@H](O)[C@H]2O[C@H]2C[C@](C)(N)[C@H](O)[C@H](C)O2)Oc2ccc(cc2Cl)[C@H]1O. The molecule has 0 radical (unpaired) electrons. The van der Waals surface area contributed by atoms with E-state index in [1.54, 1.807) is 0 Å². The number of benzene rings is 6. The molecule has 2 saturated heterocycles. The molecular weight excluding hydrogens is 1500 g/mol. The minimum absolute atomic E-state index is 0.0367. The number of halogens is 3. The second-order valence-corrected chi connectivity index (χ2v) is 28.8. The zero-order chi connectivity index (χ0) is 79.1. The standard InChI is InChI=1S/C72H79Cl3N10O24/c1-26(2)14-39(78-5)64(96)84-55-57(91)29-7-12-44(36(74)16-29)105-46-18-31-19-47(61(46)109-71-62(108-50-24-72(4,77)63(95)27(3)104-50)60(94)59(93)48(107-71)25-79-38-20-32(73)9-11-42(38)88)106-45-13-8-30(17-37(45)75)58(92)56-69(101)83-54(70(102)103)35-21-33(86)22-43(89)51(35)34-15-28(6-10-41(34)87)52(66(98)85-56)82-67(99)53(31)81-65(97)40(23-49(76)90)80-68(55)100/h6-13,15-22,26-27,39-40,48,50,52-60,62-63,71,78-79,86-89,91-95H,14,23-25,77H2,1-5H3,(H2,76,90)(H,80,100)(H,81,97)(H,82,99)(H,83,101)(H,84,96)(H,85,98)(H,102,103)/t27-,39+,40-,48+,50-,52+,53?,54-,55+,56?,57+,58+,59+,60-,62+,63+,71-,72-/m0/s1. The number of aliphatic hydroxyl groups excluding tert-OH is 5. The van der Waals surface area contributed by atoms with E-state index in [9.17, 15) is 75.0 Å². The zero-order valence-corrected chi connectivity index (χ0v) is 60.7. The van der Waals surface area contributed by atoms with Crippen molar-refractivity contribution in [2.75, 3.05) is 18.9 Å². The Morgan fingerprint density at radius 3 is 1.91 bits per heavy atom. The van der Waals surface area contributed by atoms with Crippen LogP contribution in [0.25, 0.3) is 11.1 Å². The summed E-state index contributed by atoms with van der Waals surface area (Å²) in [6.45, 7) is 6.19. The van der Waals surface area contributed by atoms with Gasteiger partial charge in [-0.3, -0.25) is 33.6 Å². The number of hydrogen-bond donors (Lipinski definition) is 20. The van der Waals surface area contributed by atoms with Crippen molar-refractivity contribution in [2.24, 2.45) is 17.4 Å². The van der Waals surface area contributed by atoms with E-state index in [2.05, 4.69) is 42.5 Å². The fraction of sp³-hybridized carbons (Fsp3) is 0.389. The molecule has 37 heteroatoms. The summed E-state index contributed by atoms with van der Waals surface area (Å²) in [6, 6.07) is 3.27. The summed E-state index contributed by atoms with van der Waals surface area (Å²) in [6.07, 6.45) is -18.7. The number of carboxylic acids is 1. The largest absolute Gasteiger partial charge is 0.508 e. The summed E-state index contributed by atoms with van der Waals surface area (Å²) in [7, 11) is 1.47. The van der Waals surface area contributed by atoms with Gasteiger partial charge in [0, 0.05) is 46.3 Å². The Kier molecular flexibility index (Phi) is 23.9. The lowest BCUT2D eigenvalue weighted by atomic mass is 9.86. The van der Waals surface area contributed by atoms with Gasteiger partial charge in [0.15, 0.2) is 29.9 Å². The number of carbonyl (C=O) groups is 8. The van der Waals surface area contributed by atoms with Crippen molar-refractivity contribution in [2.45, 2.75) is 156 Å². The predicted molar refractivity (Wildman–Crippen MR) is 384 cm³/mol. The van der Waals surface area contributed by atoms with E-state index in [0.29, 0.717) is 0 Å². The number of amides is 7. The summed E-state index contributed by atoms with van der Waals surface area (Å²) in [5.74, 6) is -16.4. The molecule has 582 valence electrons. The van der Waals surface area contributed by atoms with Gasteiger partial charge in [0.25, 0.3) is 0 Å². The maximum absolute atomic E-state index is 16.2. The molecule has 13 rings (SSSR count). The number of nitrogens with one attached hydrogen (secondary N) is 8. The number of fused-ring (bicyclic) bond motifs is 15. The maximum atomic E-state index is 16.2. The van der Waals surface area contributed by atoms with Gasteiger partial charge in [-0.2, -0.15) is 0 Å². The molecule has 109 heavy (non-hydrogen) atoms. The van der Waals surface area contributed by atoms with Gasteiger partial charge in [0.1, 0.15) is 95.2 Å². The lowest BCUT2D eigenvalue weighted by Gasteiger charge is -2.47. The molecule has 7 aliphatic rings. The third-order valence-electron chi connectivity index (χ3n) is 19.0. The molecule has 7 aliphatic heterocycles. The fourth-order valence-corrected chi connectivity index (χ4v) is 14.0. The van der Waals surface area contributed by atoms with Gasteiger partial charge in [0.2, 0.25) is 53.4 Å². The zero-order valence-electron chi connectivity index (χ0n) is 58.4. The van der Waals surface area contributed by atoms with E-state index in [-0.39, 0.29) is 62.7 Å². The van der Waals surface area contributed by atoms with Crippen LogP contribution in [0.4, 0.5) is 5.69 Å². The van der Waals surface area contributed by atoms with Gasteiger partial charge >= 0.3 is 5.97 Å². The van der Waals surface area contributed by atoms with E-state index < -0.39 is 237 Å². The number of primary amides is 1. The van der Waals surface area contributed by atoms with Gasteiger partial charge in [-0.05, 0) is 128 Å². The lowest BCUT2D eigenvalue weighted by Crippen LogP contribution is -2.64. The van der Waals surface area contributed by atoms with Crippen LogP contribution in [0.2, 0.25) is 15.1 Å². The highest BCUT2D eigenvalue weighted by Gasteiger charge is 2.52. The van der Waals surface area contributed by atoms with Crippen LogP contribution in [-0.4, -0.2) is 191 Å². The van der Waals surface area contributed by atoms with Crippen molar-refractivity contribution >= 4 is 87.8 Å². The van der Waals surface area contributed by atoms with Gasteiger partial charge in [-0.1, -0.05) is 66.8 Å². The predicted octanol–water partition coefficient (Wildman–Crippen LogP) is 2.59. The summed E-state index contributed by atoms with van der Waals surface area (Å²) >= 11 is 20.6. The van der Waals surface area contributed by atoms with Crippen molar-refractivity contribution in [1.82, 2.24) is 37.2 Å². The topological polar surface area (TPSA) is 543 Å². The van der Waals surface area contributed by atoms with Crippen molar-refractivity contribution in [3.63, 3.8) is 0 Å². The average Bonchev–Trinajstić information content (AvgIpc) is 0.767. The number of carbonyl (C=O) groups excluding carboxylic acids is 7. The van der Waals surface area contributed by atoms with Crippen LogP contribution in [0.15, 0.2) is 97.1 Å². The van der Waals surface area contributed by atoms with Gasteiger partial charge in [0.05, 0.1) is 40.4 Å². The van der Waals surface area contributed by atoms with E-state index in [4.69, 9.17) is 74.7 Å². The van der Waals surface area contributed by atoms with Crippen molar-refractivity contribution in [3.05, 3.63) is 140 Å². The number of phenols is 4. The number of phenolic OH excluding ortho intramolecular Hbond substituents is 4. The van der Waals surface area contributed by atoms with E-state index in [1.807, 2.05) is 13.8 Å². The van der Waals surface area contributed by atoms with Crippen molar-refractivity contribution < 1.29 is 118 Å². The summed E-state index contributed by atoms with van der Waals surface area (Å²) < 4.78 is 39.4. The Balaban J connectivity index is 1.17. The van der Waals surface area contributed by atoms with Gasteiger partial charge in [-0.25, -0.2) is 4.79 Å². The Labute approximate surface area is 635 Å². The molecule has 6 aromatic carbocycles. The van der Waals surface area contributed by atoms with Crippen LogP contribution in [-0.2, 0) is 52.6 Å². The second kappa shape index (κ2) is 32.6. The Bertz CT molecular complexity index is 4560. The van der Waals surface area contributed by atoms with Crippen LogP contribution in [0, 0.1) is 5.92 Å². The maximum Gasteiger partial charge on any atom is 0.330 e. The van der Waals surface area contributed by atoms with Crippen LogP contribution < -0.4 is 68.2 Å². The molecule has 0 aromatic heterocycles. The molecule has 6 aromatic rings. The molecule has 7 heterocycles. The molecule has 34 nitrogen and oxygen atoms in total. The number of likely N-dealkylation sites (N-methyl/N-ethyl adjacent to an activating group) is 1. The first kappa shape index (κ1) is 80.0. The number of anilines is 1. The second-order valence-electron chi connectivity index (χ2n) is 27.6. The number of nitrogens with two attached hydrogens (primary N) is 2. The molecule has 18 atom stereocenters. The van der Waals surface area contributed by atoms with Crippen LogP contribution in [0.5, 0.6) is 51.7 Å². The van der Waals surface area contributed by atoms with Crippen molar-refractivity contribution in [3.8, 4) is 62.9 Å². The molecule has 2 fully saturated rings. The van der Waals surface area contributed by atoms with Crippen LogP contribution in [0.1, 0.15) is 105 Å². The molecule has 7 amide bonds. The number of rotatable bonds is 15. The number of hydrogen-bond acceptors (Lipinski definition) is 26. The normalized spacial score (nSPS) is 28.1. The average molecular weight is 1570 g/mol. The fourth-order valence-electron chi connectivity index (χ4n) is 13.4. The quantitative estimate of drug-likeness (QED) is 0.0657. The summed E-state index contributed by atoms with van der Waals surface area (Å²) in [5, 5.41) is 136. The number of aliphatic hydroxyl groups is 5.